The van der Waals surface area contributed by atoms with Crippen LogP contribution in [-0.4, -0.2) is 18.8 Å². The predicted molar refractivity (Wildman–Crippen MR) is 100 cm³/mol. The third-order valence-electron chi connectivity index (χ3n) is 4.96. The van der Waals surface area contributed by atoms with Crippen LogP contribution in [0.2, 0.25) is 0 Å². The lowest BCUT2D eigenvalue weighted by Crippen LogP contribution is -1.98. The minimum atomic E-state index is -0.428. The Morgan fingerprint density at radius 1 is 1.00 bits per heavy atom. The van der Waals surface area contributed by atoms with Crippen molar-refractivity contribution in [1.29, 1.82) is 0 Å². The zero-order valence-corrected chi connectivity index (χ0v) is 15.0. The van der Waals surface area contributed by atoms with Gasteiger partial charge in [0.1, 0.15) is 17.4 Å². The van der Waals surface area contributed by atoms with Gasteiger partial charge in [0.2, 0.25) is 0 Å². The third-order valence-corrected chi connectivity index (χ3v) is 4.96. The number of ether oxygens (including phenoxy) is 1. The second kappa shape index (κ2) is 8.45. The molecule has 2 aromatic rings. The Morgan fingerprint density at radius 3 is 2.62 bits per heavy atom. The molecule has 0 spiro atoms. The highest BCUT2D eigenvalue weighted by Crippen LogP contribution is 2.40. The SMILES string of the molecule is COc1ccc2c(c1)CCCC(c1cc(F)ccc1F)=C2CCCCO. The molecule has 0 amide bonds. The number of aliphatic hydroxyl groups excluding tert-OH is 1. The molecule has 0 fully saturated rings. The molecule has 138 valence electrons. The molecule has 0 heterocycles. The van der Waals surface area contributed by atoms with Gasteiger partial charge in [-0.25, -0.2) is 8.78 Å². The van der Waals surface area contributed by atoms with Crippen molar-refractivity contribution in [3.8, 4) is 5.75 Å². The van der Waals surface area contributed by atoms with Crippen molar-refractivity contribution < 1.29 is 18.6 Å². The van der Waals surface area contributed by atoms with E-state index in [0.717, 1.165) is 54.2 Å². The number of methoxy groups -OCH3 is 1. The summed E-state index contributed by atoms with van der Waals surface area (Å²) < 4.78 is 33.6. The van der Waals surface area contributed by atoms with Gasteiger partial charge in [-0.3, -0.25) is 0 Å². The van der Waals surface area contributed by atoms with Crippen molar-refractivity contribution in [2.24, 2.45) is 0 Å². The Bertz CT molecular complexity index is 812. The van der Waals surface area contributed by atoms with Gasteiger partial charge >= 0.3 is 0 Å². The monoisotopic (exact) mass is 358 g/mol. The van der Waals surface area contributed by atoms with Gasteiger partial charge in [-0.15, -0.1) is 0 Å². The molecule has 2 nitrogen and oxygen atoms in total. The molecular weight excluding hydrogens is 334 g/mol. The van der Waals surface area contributed by atoms with E-state index in [0.29, 0.717) is 18.4 Å². The minimum Gasteiger partial charge on any atom is -0.497 e. The number of hydrogen-bond acceptors (Lipinski definition) is 2. The van der Waals surface area contributed by atoms with E-state index < -0.39 is 11.6 Å². The lowest BCUT2D eigenvalue weighted by Gasteiger charge is -2.17. The van der Waals surface area contributed by atoms with Gasteiger partial charge in [-0.1, -0.05) is 6.07 Å². The first-order chi connectivity index (χ1) is 12.6. The molecule has 0 saturated carbocycles. The quantitative estimate of drug-likeness (QED) is 0.702. The van der Waals surface area contributed by atoms with Crippen molar-refractivity contribution in [2.45, 2.75) is 38.5 Å². The van der Waals surface area contributed by atoms with Crippen LogP contribution in [0.25, 0.3) is 11.1 Å². The van der Waals surface area contributed by atoms with E-state index in [-0.39, 0.29) is 6.61 Å². The lowest BCUT2D eigenvalue weighted by molar-refractivity contribution is 0.285. The standard InChI is InChI=1S/C22H24F2O2/c1-26-17-9-10-18-15(13-17)5-4-7-20(19(18)6-2-3-12-25)21-14-16(23)8-11-22(21)24/h8-11,13-14,25H,2-7,12H2,1H3. The average Bonchev–Trinajstić information content (AvgIpc) is 2.83. The highest BCUT2D eigenvalue weighted by Gasteiger charge is 2.21. The molecular formula is C22H24F2O2. The molecule has 1 aliphatic rings. The number of rotatable bonds is 6. The van der Waals surface area contributed by atoms with E-state index in [1.54, 1.807) is 7.11 Å². The van der Waals surface area contributed by atoms with Crippen LogP contribution in [0.3, 0.4) is 0 Å². The summed E-state index contributed by atoms with van der Waals surface area (Å²) in [6.45, 7) is 0.131. The molecule has 3 rings (SSSR count). The molecule has 0 radical (unpaired) electrons. The second-order valence-electron chi connectivity index (χ2n) is 6.64. The maximum absolute atomic E-state index is 14.5. The van der Waals surface area contributed by atoms with E-state index in [9.17, 15) is 8.78 Å². The Kier molecular flexibility index (Phi) is 6.04. The fourth-order valence-electron chi connectivity index (χ4n) is 3.69. The van der Waals surface area contributed by atoms with E-state index in [1.165, 1.54) is 17.7 Å². The molecule has 4 heteroatoms. The van der Waals surface area contributed by atoms with Gasteiger partial charge in [-0.2, -0.15) is 0 Å². The number of aryl methyl sites for hydroxylation is 1. The van der Waals surface area contributed by atoms with Crippen LogP contribution < -0.4 is 4.74 Å². The van der Waals surface area contributed by atoms with Crippen LogP contribution in [0.4, 0.5) is 8.78 Å². The van der Waals surface area contributed by atoms with E-state index in [2.05, 4.69) is 0 Å². The van der Waals surface area contributed by atoms with Crippen molar-refractivity contribution in [2.75, 3.05) is 13.7 Å². The number of hydrogen-bond donors (Lipinski definition) is 1. The van der Waals surface area contributed by atoms with Crippen LogP contribution in [0.5, 0.6) is 5.75 Å². The molecule has 0 aliphatic heterocycles. The Labute approximate surface area is 153 Å². The van der Waals surface area contributed by atoms with Crippen molar-refractivity contribution in [1.82, 2.24) is 0 Å². The molecule has 1 N–H and O–H groups in total. The first-order valence-corrected chi connectivity index (χ1v) is 9.09. The number of aliphatic hydroxyl groups is 1. The highest BCUT2D eigenvalue weighted by atomic mass is 19.1. The van der Waals surface area contributed by atoms with E-state index in [4.69, 9.17) is 9.84 Å². The first-order valence-electron chi connectivity index (χ1n) is 9.09. The summed E-state index contributed by atoms with van der Waals surface area (Å²) in [6, 6.07) is 9.61. The fraction of sp³-hybridized carbons (Fsp3) is 0.364. The summed E-state index contributed by atoms with van der Waals surface area (Å²) in [5, 5.41) is 9.14. The van der Waals surface area contributed by atoms with Crippen LogP contribution in [0.1, 0.15) is 48.8 Å². The number of benzene rings is 2. The topological polar surface area (TPSA) is 29.5 Å². The molecule has 0 saturated heterocycles. The maximum Gasteiger partial charge on any atom is 0.130 e. The minimum absolute atomic E-state index is 0.131. The molecule has 0 unspecified atom stereocenters. The summed E-state index contributed by atoms with van der Waals surface area (Å²) in [4.78, 5) is 0. The van der Waals surface area contributed by atoms with Crippen molar-refractivity contribution in [3.05, 3.63) is 64.7 Å². The Hall–Kier alpha value is -2.20. The zero-order chi connectivity index (χ0) is 18.5. The van der Waals surface area contributed by atoms with Crippen molar-refractivity contribution >= 4 is 11.1 Å². The fourth-order valence-corrected chi connectivity index (χ4v) is 3.69. The van der Waals surface area contributed by atoms with Gasteiger partial charge in [0, 0.05) is 12.2 Å². The Morgan fingerprint density at radius 2 is 1.85 bits per heavy atom. The largest absolute Gasteiger partial charge is 0.497 e. The molecule has 0 aromatic heterocycles. The van der Waals surface area contributed by atoms with Crippen LogP contribution in [0, 0.1) is 11.6 Å². The number of allylic oxidation sites excluding steroid dienone is 2. The highest BCUT2D eigenvalue weighted by molar-refractivity contribution is 5.92. The summed E-state index contributed by atoms with van der Waals surface area (Å²) in [6.07, 6.45) is 4.66. The number of halogens is 2. The van der Waals surface area contributed by atoms with Crippen LogP contribution >= 0.6 is 0 Å². The van der Waals surface area contributed by atoms with Gasteiger partial charge in [0.15, 0.2) is 0 Å². The average molecular weight is 358 g/mol. The predicted octanol–water partition coefficient (Wildman–Crippen LogP) is 5.38. The van der Waals surface area contributed by atoms with Crippen LogP contribution in [-0.2, 0) is 6.42 Å². The molecule has 1 aliphatic carbocycles. The third kappa shape index (κ3) is 3.96. The summed E-state index contributed by atoms with van der Waals surface area (Å²) >= 11 is 0. The number of fused-ring (bicyclic) bond motifs is 1. The molecule has 26 heavy (non-hydrogen) atoms. The number of unbranched alkanes of at least 4 members (excludes halogenated alkanes) is 1. The van der Waals surface area contributed by atoms with Gasteiger partial charge in [-0.05, 0) is 91.1 Å². The smallest absolute Gasteiger partial charge is 0.130 e. The zero-order valence-electron chi connectivity index (χ0n) is 15.0. The second-order valence-corrected chi connectivity index (χ2v) is 6.64. The van der Waals surface area contributed by atoms with E-state index in [1.807, 2.05) is 18.2 Å². The normalized spacial score (nSPS) is 14.2. The van der Waals surface area contributed by atoms with Crippen molar-refractivity contribution in [3.63, 3.8) is 0 Å². The van der Waals surface area contributed by atoms with Crippen LogP contribution in [0.15, 0.2) is 36.4 Å². The van der Waals surface area contributed by atoms with E-state index >= 15 is 0 Å². The summed E-state index contributed by atoms with van der Waals surface area (Å²) in [7, 11) is 1.64. The lowest BCUT2D eigenvalue weighted by atomic mass is 9.89. The van der Waals surface area contributed by atoms with Gasteiger partial charge in [0.25, 0.3) is 0 Å². The molecule has 0 bridgehead atoms. The maximum atomic E-state index is 14.5. The van der Waals surface area contributed by atoms with Gasteiger partial charge < -0.3 is 9.84 Å². The summed E-state index contributed by atoms with van der Waals surface area (Å²) in [5.74, 6) is -0.0142. The molecule has 2 aromatic carbocycles. The first kappa shape index (κ1) is 18.6. The van der Waals surface area contributed by atoms with Gasteiger partial charge in [0.05, 0.1) is 7.11 Å². The Balaban J connectivity index is 2.15. The molecule has 0 atom stereocenters. The summed E-state index contributed by atoms with van der Waals surface area (Å²) in [5.41, 5.74) is 4.55.